The number of Topliss-reactive ketones (excluding diaryl/α,β-unsaturated/α-hetero) is 1. The van der Waals surface area contributed by atoms with E-state index in [2.05, 4.69) is 24.1 Å². The lowest BCUT2D eigenvalue weighted by Crippen LogP contribution is -2.58. The molecule has 0 aliphatic carbocycles. The number of ketones is 1. The topological polar surface area (TPSA) is 32.3 Å². The fraction of sp³-hybridized carbons (Fsp3) is 0.800. The SMILES string of the molecule is CC(=O)CC(=S)N1CCNC(C)(C)C1. The lowest BCUT2D eigenvalue weighted by molar-refractivity contribution is -0.116. The molecule has 0 aromatic carbocycles. The molecular weight excluding hydrogens is 196 g/mol. The summed E-state index contributed by atoms with van der Waals surface area (Å²) in [5.74, 6) is 0.145. The summed E-state index contributed by atoms with van der Waals surface area (Å²) in [6, 6.07) is 0. The summed E-state index contributed by atoms with van der Waals surface area (Å²) in [6.45, 7) is 8.62. The standard InChI is InChI=1S/C10H18N2OS/c1-8(13)6-9(14)12-5-4-11-10(2,3)7-12/h11H,4-7H2,1-3H3. The number of carbonyl (C=O) groups excluding carboxylic acids is 1. The highest BCUT2D eigenvalue weighted by Crippen LogP contribution is 2.12. The van der Waals surface area contributed by atoms with Crippen molar-refractivity contribution < 1.29 is 4.79 Å². The van der Waals surface area contributed by atoms with E-state index in [-0.39, 0.29) is 11.3 Å². The van der Waals surface area contributed by atoms with Crippen molar-refractivity contribution in [3.63, 3.8) is 0 Å². The Morgan fingerprint density at radius 2 is 2.21 bits per heavy atom. The average molecular weight is 214 g/mol. The van der Waals surface area contributed by atoms with Gasteiger partial charge in [0.2, 0.25) is 0 Å². The Morgan fingerprint density at radius 3 is 2.71 bits per heavy atom. The number of carbonyl (C=O) groups is 1. The van der Waals surface area contributed by atoms with Crippen LogP contribution >= 0.6 is 12.2 Å². The minimum atomic E-state index is 0.0963. The Bertz CT molecular complexity index is 251. The second-order valence-electron chi connectivity index (χ2n) is 4.50. The zero-order chi connectivity index (χ0) is 10.8. The van der Waals surface area contributed by atoms with Gasteiger partial charge in [0, 0.05) is 25.2 Å². The highest BCUT2D eigenvalue weighted by molar-refractivity contribution is 7.80. The number of hydrogen-bond acceptors (Lipinski definition) is 3. The van der Waals surface area contributed by atoms with E-state index in [0.717, 1.165) is 24.6 Å². The molecular formula is C10H18N2OS. The summed E-state index contributed by atoms with van der Waals surface area (Å²) in [5.41, 5.74) is 0.0963. The quantitative estimate of drug-likeness (QED) is 0.694. The lowest BCUT2D eigenvalue weighted by atomic mass is 10.0. The Balaban J connectivity index is 2.52. The van der Waals surface area contributed by atoms with Crippen molar-refractivity contribution in [3.8, 4) is 0 Å². The first kappa shape index (κ1) is 11.6. The molecule has 0 saturated carbocycles. The second-order valence-corrected chi connectivity index (χ2v) is 4.98. The molecule has 80 valence electrons. The fourth-order valence-electron chi connectivity index (χ4n) is 1.68. The molecule has 4 heteroatoms. The Hall–Kier alpha value is -0.480. The summed E-state index contributed by atoms with van der Waals surface area (Å²) in [5, 5.41) is 3.41. The molecule has 0 bridgehead atoms. The zero-order valence-corrected chi connectivity index (χ0v) is 9.91. The Kier molecular flexibility index (Phi) is 3.61. The van der Waals surface area contributed by atoms with Gasteiger partial charge in [-0.2, -0.15) is 0 Å². The molecule has 0 aromatic heterocycles. The molecule has 1 heterocycles. The van der Waals surface area contributed by atoms with Crippen LogP contribution in [-0.4, -0.2) is 40.8 Å². The minimum Gasteiger partial charge on any atom is -0.363 e. The van der Waals surface area contributed by atoms with Gasteiger partial charge in [-0.1, -0.05) is 12.2 Å². The molecule has 1 aliphatic rings. The summed E-state index contributed by atoms with van der Waals surface area (Å²) in [4.78, 5) is 13.8. The first-order valence-corrected chi connectivity index (χ1v) is 5.34. The summed E-state index contributed by atoms with van der Waals surface area (Å²) in [6.07, 6.45) is 0.408. The number of piperazine rings is 1. The normalized spacial score (nSPS) is 20.6. The van der Waals surface area contributed by atoms with Crippen LogP contribution in [-0.2, 0) is 4.79 Å². The molecule has 3 nitrogen and oxygen atoms in total. The van der Waals surface area contributed by atoms with Crippen molar-refractivity contribution in [1.82, 2.24) is 10.2 Å². The monoisotopic (exact) mass is 214 g/mol. The van der Waals surface area contributed by atoms with Gasteiger partial charge in [-0.05, 0) is 20.8 Å². The van der Waals surface area contributed by atoms with Crippen LogP contribution in [0.15, 0.2) is 0 Å². The van der Waals surface area contributed by atoms with Crippen LogP contribution < -0.4 is 5.32 Å². The molecule has 1 saturated heterocycles. The second kappa shape index (κ2) is 4.36. The van der Waals surface area contributed by atoms with E-state index >= 15 is 0 Å². The maximum atomic E-state index is 10.9. The maximum absolute atomic E-state index is 10.9. The molecule has 0 aromatic rings. The minimum absolute atomic E-state index is 0.0963. The van der Waals surface area contributed by atoms with Gasteiger partial charge in [0.15, 0.2) is 0 Å². The number of thiocarbonyl (C=S) groups is 1. The van der Waals surface area contributed by atoms with Gasteiger partial charge in [-0.15, -0.1) is 0 Å². The number of nitrogens with zero attached hydrogens (tertiary/aromatic N) is 1. The lowest BCUT2D eigenvalue weighted by Gasteiger charge is -2.40. The molecule has 1 aliphatic heterocycles. The van der Waals surface area contributed by atoms with Crippen molar-refractivity contribution in [2.24, 2.45) is 0 Å². The van der Waals surface area contributed by atoms with Crippen molar-refractivity contribution in [1.29, 1.82) is 0 Å². The number of nitrogens with one attached hydrogen (secondary N) is 1. The molecule has 0 radical (unpaired) electrons. The molecule has 1 fully saturated rings. The van der Waals surface area contributed by atoms with E-state index in [1.54, 1.807) is 6.92 Å². The number of hydrogen-bond donors (Lipinski definition) is 1. The van der Waals surface area contributed by atoms with Crippen LogP contribution in [0.5, 0.6) is 0 Å². The molecule has 0 unspecified atom stereocenters. The Morgan fingerprint density at radius 1 is 1.57 bits per heavy atom. The zero-order valence-electron chi connectivity index (χ0n) is 9.09. The van der Waals surface area contributed by atoms with Crippen LogP contribution in [0.2, 0.25) is 0 Å². The third kappa shape index (κ3) is 3.35. The van der Waals surface area contributed by atoms with Crippen LogP contribution in [0, 0.1) is 0 Å². The number of rotatable bonds is 2. The van der Waals surface area contributed by atoms with Crippen molar-refractivity contribution in [2.45, 2.75) is 32.7 Å². The summed E-state index contributed by atoms with van der Waals surface area (Å²) in [7, 11) is 0. The Labute approximate surface area is 90.8 Å². The van der Waals surface area contributed by atoms with E-state index in [4.69, 9.17) is 12.2 Å². The van der Waals surface area contributed by atoms with Crippen LogP contribution in [0.4, 0.5) is 0 Å². The molecule has 1 rings (SSSR count). The van der Waals surface area contributed by atoms with E-state index in [9.17, 15) is 4.79 Å². The van der Waals surface area contributed by atoms with E-state index in [1.165, 1.54) is 0 Å². The third-order valence-electron chi connectivity index (χ3n) is 2.32. The summed E-state index contributed by atoms with van der Waals surface area (Å²) < 4.78 is 0. The highest BCUT2D eigenvalue weighted by Gasteiger charge is 2.26. The van der Waals surface area contributed by atoms with E-state index < -0.39 is 0 Å². The molecule has 1 N–H and O–H groups in total. The predicted molar refractivity (Wildman–Crippen MR) is 61.6 cm³/mol. The first-order valence-electron chi connectivity index (χ1n) is 4.93. The van der Waals surface area contributed by atoms with Gasteiger partial charge in [0.25, 0.3) is 0 Å². The van der Waals surface area contributed by atoms with Crippen LogP contribution in [0.3, 0.4) is 0 Å². The van der Waals surface area contributed by atoms with Gasteiger partial charge in [-0.3, -0.25) is 4.79 Å². The molecule has 0 spiro atoms. The van der Waals surface area contributed by atoms with Crippen LogP contribution in [0.1, 0.15) is 27.2 Å². The van der Waals surface area contributed by atoms with Crippen molar-refractivity contribution in [3.05, 3.63) is 0 Å². The first-order chi connectivity index (χ1) is 6.41. The van der Waals surface area contributed by atoms with Gasteiger partial charge < -0.3 is 10.2 Å². The smallest absolute Gasteiger partial charge is 0.136 e. The van der Waals surface area contributed by atoms with E-state index in [0.29, 0.717) is 6.42 Å². The molecule has 0 atom stereocenters. The fourth-order valence-corrected chi connectivity index (χ4v) is 2.04. The maximum Gasteiger partial charge on any atom is 0.136 e. The van der Waals surface area contributed by atoms with Gasteiger partial charge in [-0.25, -0.2) is 0 Å². The van der Waals surface area contributed by atoms with Gasteiger partial charge >= 0.3 is 0 Å². The van der Waals surface area contributed by atoms with Gasteiger partial charge in [0.1, 0.15) is 5.78 Å². The molecule has 14 heavy (non-hydrogen) atoms. The third-order valence-corrected chi connectivity index (χ3v) is 2.73. The van der Waals surface area contributed by atoms with E-state index in [1.807, 2.05) is 0 Å². The summed E-state index contributed by atoms with van der Waals surface area (Å²) >= 11 is 5.23. The predicted octanol–water partition coefficient (Wildman–Crippen LogP) is 0.977. The highest BCUT2D eigenvalue weighted by atomic mass is 32.1. The van der Waals surface area contributed by atoms with Gasteiger partial charge in [0.05, 0.1) is 11.4 Å². The van der Waals surface area contributed by atoms with Crippen LogP contribution in [0.25, 0.3) is 0 Å². The largest absolute Gasteiger partial charge is 0.363 e. The average Bonchev–Trinajstić information content (AvgIpc) is 2.01. The van der Waals surface area contributed by atoms with Crippen molar-refractivity contribution in [2.75, 3.05) is 19.6 Å². The molecule has 0 amide bonds. The van der Waals surface area contributed by atoms with Crippen molar-refractivity contribution >= 4 is 23.0 Å².